The summed E-state index contributed by atoms with van der Waals surface area (Å²) in [6, 6.07) is 1.69. The second kappa shape index (κ2) is 6.82. The molecule has 25 heavy (non-hydrogen) atoms. The number of pyridine rings is 1. The van der Waals surface area contributed by atoms with Gasteiger partial charge in [0.1, 0.15) is 5.82 Å². The van der Waals surface area contributed by atoms with E-state index in [1.54, 1.807) is 12.3 Å². The van der Waals surface area contributed by atoms with Gasteiger partial charge in [-0.05, 0) is 6.07 Å². The molecular formula is C16H18Cl2N6O. The summed E-state index contributed by atoms with van der Waals surface area (Å²) in [5.41, 5.74) is 2.61. The van der Waals surface area contributed by atoms with Gasteiger partial charge in [-0.2, -0.15) is 5.10 Å². The normalized spacial score (nSPS) is 17.5. The van der Waals surface area contributed by atoms with Crippen LogP contribution in [0.4, 0.5) is 5.82 Å². The van der Waals surface area contributed by atoms with Crippen LogP contribution in [0.1, 0.15) is 21.7 Å². The number of aromatic nitrogens is 3. The van der Waals surface area contributed by atoms with Crippen LogP contribution >= 0.6 is 23.2 Å². The fourth-order valence-corrected chi connectivity index (χ4v) is 3.81. The molecule has 7 nitrogen and oxygen atoms in total. The fourth-order valence-electron chi connectivity index (χ4n) is 3.31. The highest BCUT2D eigenvalue weighted by Gasteiger charge is 2.28. The minimum atomic E-state index is -0.0176. The van der Waals surface area contributed by atoms with Crippen LogP contribution in [-0.2, 0) is 13.0 Å². The standard InChI is InChI=1S/C16H18Cl2N6O/c17-10-7-12(18)15(20-8-10)23-3-5-24(6-4-23)16(25)14-11-9-19-2-1-13(11)21-22-14/h7-8,19H,1-6,9H2,(H,21,22). The van der Waals surface area contributed by atoms with Crippen molar-refractivity contribution in [2.45, 2.75) is 13.0 Å². The molecule has 1 fully saturated rings. The van der Waals surface area contributed by atoms with E-state index in [2.05, 4.69) is 25.4 Å². The number of carbonyl (C=O) groups is 1. The van der Waals surface area contributed by atoms with Gasteiger partial charge in [-0.15, -0.1) is 0 Å². The average molecular weight is 381 g/mol. The molecule has 0 atom stereocenters. The Labute approximate surface area is 155 Å². The maximum absolute atomic E-state index is 12.8. The third kappa shape index (κ3) is 3.19. The summed E-state index contributed by atoms with van der Waals surface area (Å²) in [4.78, 5) is 21.0. The lowest BCUT2D eigenvalue weighted by Gasteiger charge is -2.35. The lowest BCUT2D eigenvalue weighted by atomic mass is 10.1. The van der Waals surface area contributed by atoms with Crippen molar-refractivity contribution in [2.75, 3.05) is 37.6 Å². The van der Waals surface area contributed by atoms with Crippen LogP contribution in [0.3, 0.4) is 0 Å². The molecule has 2 aliphatic rings. The number of carbonyl (C=O) groups excluding carboxylic acids is 1. The van der Waals surface area contributed by atoms with Crippen molar-refractivity contribution in [2.24, 2.45) is 0 Å². The Morgan fingerprint density at radius 3 is 2.76 bits per heavy atom. The van der Waals surface area contributed by atoms with Crippen molar-refractivity contribution in [3.63, 3.8) is 0 Å². The van der Waals surface area contributed by atoms with Crippen LogP contribution in [0.25, 0.3) is 0 Å². The van der Waals surface area contributed by atoms with Gasteiger partial charge in [-0.1, -0.05) is 23.2 Å². The van der Waals surface area contributed by atoms with Crippen LogP contribution in [-0.4, -0.2) is 58.7 Å². The third-order valence-corrected chi connectivity index (χ3v) is 5.15. The molecule has 2 aromatic rings. The van der Waals surface area contributed by atoms with E-state index in [4.69, 9.17) is 23.2 Å². The van der Waals surface area contributed by atoms with Crippen LogP contribution in [0.5, 0.6) is 0 Å². The molecule has 1 saturated heterocycles. The minimum Gasteiger partial charge on any atom is -0.352 e. The van der Waals surface area contributed by atoms with E-state index in [0.717, 1.165) is 24.2 Å². The fraction of sp³-hybridized carbons (Fsp3) is 0.438. The van der Waals surface area contributed by atoms with Gasteiger partial charge in [-0.3, -0.25) is 9.89 Å². The summed E-state index contributed by atoms with van der Waals surface area (Å²) < 4.78 is 0. The van der Waals surface area contributed by atoms with Crippen LogP contribution < -0.4 is 10.2 Å². The second-order valence-electron chi connectivity index (χ2n) is 6.19. The highest BCUT2D eigenvalue weighted by atomic mass is 35.5. The molecule has 2 aromatic heterocycles. The Morgan fingerprint density at radius 2 is 2.00 bits per heavy atom. The molecule has 9 heteroatoms. The van der Waals surface area contributed by atoms with E-state index in [1.807, 2.05) is 4.90 Å². The zero-order valence-electron chi connectivity index (χ0n) is 13.6. The van der Waals surface area contributed by atoms with Gasteiger partial charge in [0.25, 0.3) is 5.91 Å². The first-order valence-electron chi connectivity index (χ1n) is 8.25. The van der Waals surface area contributed by atoms with Crippen LogP contribution in [0.15, 0.2) is 12.3 Å². The van der Waals surface area contributed by atoms with Crippen molar-refractivity contribution in [1.82, 2.24) is 25.4 Å². The molecule has 0 unspecified atom stereocenters. The number of fused-ring (bicyclic) bond motifs is 1. The van der Waals surface area contributed by atoms with Crippen molar-refractivity contribution >= 4 is 34.9 Å². The number of aromatic amines is 1. The summed E-state index contributed by atoms with van der Waals surface area (Å²) in [7, 11) is 0. The number of H-pyrrole nitrogens is 1. The first-order chi connectivity index (χ1) is 12.1. The summed E-state index contributed by atoms with van der Waals surface area (Å²) in [6.45, 7) is 4.16. The number of amides is 1. The van der Waals surface area contributed by atoms with Crippen LogP contribution in [0, 0.1) is 0 Å². The number of hydrogen-bond donors (Lipinski definition) is 2. The topological polar surface area (TPSA) is 77.2 Å². The van der Waals surface area contributed by atoms with Gasteiger partial charge in [0.2, 0.25) is 0 Å². The van der Waals surface area contributed by atoms with Gasteiger partial charge in [-0.25, -0.2) is 4.98 Å². The molecular weight excluding hydrogens is 363 g/mol. The molecule has 0 aromatic carbocycles. The largest absolute Gasteiger partial charge is 0.352 e. The molecule has 0 radical (unpaired) electrons. The van der Waals surface area contributed by atoms with Gasteiger partial charge >= 0.3 is 0 Å². The molecule has 0 spiro atoms. The van der Waals surface area contributed by atoms with E-state index in [9.17, 15) is 4.79 Å². The van der Waals surface area contributed by atoms with Crippen molar-refractivity contribution in [3.8, 4) is 0 Å². The van der Waals surface area contributed by atoms with E-state index in [0.29, 0.717) is 54.3 Å². The predicted molar refractivity (Wildman–Crippen MR) is 96.4 cm³/mol. The lowest BCUT2D eigenvalue weighted by Crippen LogP contribution is -2.49. The molecule has 4 rings (SSSR count). The zero-order valence-corrected chi connectivity index (χ0v) is 15.1. The van der Waals surface area contributed by atoms with Crippen LogP contribution in [0.2, 0.25) is 10.0 Å². The maximum atomic E-state index is 12.8. The summed E-state index contributed by atoms with van der Waals surface area (Å²) >= 11 is 12.1. The summed E-state index contributed by atoms with van der Waals surface area (Å²) in [5, 5.41) is 11.6. The quantitative estimate of drug-likeness (QED) is 0.829. The zero-order chi connectivity index (χ0) is 17.4. The first kappa shape index (κ1) is 16.6. The Balaban J connectivity index is 1.45. The highest BCUT2D eigenvalue weighted by Crippen LogP contribution is 2.27. The smallest absolute Gasteiger partial charge is 0.274 e. The molecule has 0 bridgehead atoms. The van der Waals surface area contributed by atoms with Gasteiger partial charge < -0.3 is 15.1 Å². The number of hydrogen-bond acceptors (Lipinski definition) is 5. The van der Waals surface area contributed by atoms with Crippen molar-refractivity contribution in [3.05, 3.63) is 39.3 Å². The monoisotopic (exact) mass is 380 g/mol. The molecule has 132 valence electrons. The number of nitrogens with zero attached hydrogens (tertiary/aromatic N) is 4. The number of anilines is 1. The van der Waals surface area contributed by atoms with Gasteiger partial charge in [0.05, 0.1) is 10.0 Å². The van der Waals surface area contributed by atoms with E-state index in [1.165, 1.54) is 0 Å². The predicted octanol–water partition coefficient (Wildman–Crippen LogP) is 1.72. The number of rotatable bonds is 2. The average Bonchev–Trinajstić information content (AvgIpc) is 3.05. The van der Waals surface area contributed by atoms with Gasteiger partial charge in [0, 0.05) is 63.1 Å². The molecule has 4 heterocycles. The Morgan fingerprint density at radius 1 is 1.20 bits per heavy atom. The van der Waals surface area contributed by atoms with Crippen molar-refractivity contribution in [1.29, 1.82) is 0 Å². The first-order valence-corrected chi connectivity index (χ1v) is 9.01. The molecule has 0 saturated carbocycles. The Kier molecular flexibility index (Phi) is 4.54. The molecule has 2 N–H and O–H groups in total. The van der Waals surface area contributed by atoms with Crippen molar-refractivity contribution < 1.29 is 4.79 Å². The molecule has 2 aliphatic heterocycles. The minimum absolute atomic E-state index is 0.0176. The summed E-state index contributed by atoms with van der Waals surface area (Å²) in [6.07, 6.45) is 2.47. The summed E-state index contributed by atoms with van der Waals surface area (Å²) in [5.74, 6) is 0.690. The number of nitrogens with one attached hydrogen (secondary N) is 2. The lowest BCUT2D eigenvalue weighted by molar-refractivity contribution is 0.0739. The molecule has 0 aliphatic carbocycles. The number of piperazine rings is 1. The van der Waals surface area contributed by atoms with E-state index in [-0.39, 0.29) is 5.91 Å². The highest BCUT2D eigenvalue weighted by molar-refractivity contribution is 6.36. The third-order valence-electron chi connectivity index (χ3n) is 4.66. The second-order valence-corrected chi connectivity index (χ2v) is 7.04. The SMILES string of the molecule is O=C(c1n[nH]c2c1CNCC2)N1CCN(c2ncc(Cl)cc2Cl)CC1. The number of halogens is 2. The Hall–Kier alpha value is -1.83. The molecule has 1 amide bonds. The van der Waals surface area contributed by atoms with Gasteiger partial charge in [0.15, 0.2) is 5.69 Å². The van der Waals surface area contributed by atoms with E-state index >= 15 is 0 Å². The van der Waals surface area contributed by atoms with E-state index < -0.39 is 0 Å². The maximum Gasteiger partial charge on any atom is 0.274 e. The Bertz CT molecular complexity index is 800.